The second-order valence-electron chi connectivity index (χ2n) is 8.52. The Hall–Kier alpha value is -3.11. The van der Waals surface area contributed by atoms with Crippen molar-refractivity contribution in [2.24, 2.45) is 0 Å². The van der Waals surface area contributed by atoms with Crippen LogP contribution in [0.5, 0.6) is 5.75 Å². The van der Waals surface area contributed by atoms with Gasteiger partial charge in [-0.3, -0.25) is 0 Å². The molecule has 3 rings (SSSR count). The molecule has 1 N–H and O–H groups in total. The number of rotatable bonds is 12. The quantitative estimate of drug-likeness (QED) is 0.256. The molecule has 0 aliphatic carbocycles. The number of hydrogen-bond acceptors (Lipinski definition) is 7. The minimum Gasteiger partial charge on any atom is -0.462 e. The topological polar surface area (TPSA) is 111 Å². The zero-order valence-corrected chi connectivity index (χ0v) is 21.6. The summed E-state index contributed by atoms with van der Waals surface area (Å²) in [4.78, 5) is 26.4. The lowest BCUT2D eigenvalue weighted by Crippen LogP contribution is -2.43. The number of amides is 2. The van der Waals surface area contributed by atoms with Crippen LogP contribution in [0.4, 0.5) is 4.79 Å². The first-order valence-corrected chi connectivity index (χ1v) is 13.7. The van der Waals surface area contributed by atoms with Gasteiger partial charge in [-0.15, -0.1) is 0 Å². The lowest BCUT2D eigenvalue weighted by atomic mass is 10.2. The highest BCUT2D eigenvalue weighted by molar-refractivity contribution is 7.87. The maximum Gasteiger partial charge on any atom is 0.340 e. The van der Waals surface area contributed by atoms with E-state index in [1.165, 1.54) is 30.3 Å². The molecule has 36 heavy (non-hydrogen) atoms. The van der Waals surface area contributed by atoms with Crippen molar-refractivity contribution in [3.8, 4) is 5.75 Å². The average molecular weight is 519 g/mol. The monoisotopic (exact) mass is 518 g/mol. The van der Waals surface area contributed by atoms with Gasteiger partial charge in [0.2, 0.25) is 0 Å². The lowest BCUT2D eigenvalue weighted by molar-refractivity contribution is 0.0495. The molecule has 0 spiro atoms. The van der Waals surface area contributed by atoms with Crippen molar-refractivity contribution in [2.75, 3.05) is 26.3 Å². The first-order chi connectivity index (χ1) is 17.3. The first-order valence-electron chi connectivity index (χ1n) is 12.3. The number of ether oxygens (including phenoxy) is 2. The van der Waals surface area contributed by atoms with Crippen molar-refractivity contribution in [3.63, 3.8) is 0 Å². The number of benzene rings is 2. The molecule has 0 radical (unpaired) electrons. The molecule has 1 unspecified atom stereocenters. The van der Waals surface area contributed by atoms with Crippen LogP contribution in [-0.4, -0.2) is 57.7 Å². The van der Waals surface area contributed by atoms with Crippen LogP contribution in [0, 0.1) is 0 Å². The lowest BCUT2D eigenvalue weighted by Gasteiger charge is -2.25. The van der Waals surface area contributed by atoms with Gasteiger partial charge in [0.25, 0.3) is 0 Å². The van der Waals surface area contributed by atoms with Gasteiger partial charge >= 0.3 is 22.1 Å². The second kappa shape index (κ2) is 13.3. The summed E-state index contributed by atoms with van der Waals surface area (Å²) in [6, 6.07) is 12.1. The third kappa shape index (κ3) is 7.69. The van der Waals surface area contributed by atoms with E-state index in [2.05, 4.69) is 5.32 Å². The highest BCUT2D eigenvalue weighted by Gasteiger charge is 2.26. The number of carbonyl (C=O) groups excluding carboxylic acids is 2. The Morgan fingerprint density at radius 3 is 2.53 bits per heavy atom. The SMILES string of the molecule is CCCCOC(=O)c1ccccc1S(=O)(=O)Oc1ccc(CN(CC2CCCO2)C(=O)NCC)cc1. The van der Waals surface area contributed by atoms with Crippen LogP contribution in [0.3, 0.4) is 0 Å². The standard InChI is InChI=1S/C26H34N2O7S/c1-3-5-16-34-25(29)23-10-6-7-11-24(23)36(31,32)35-21-14-12-20(13-15-21)18-28(26(30)27-4-2)19-22-9-8-17-33-22/h6-7,10-15,22H,3-5,8-9,16-19H2,1-2H3,(H,27,30). The van der Waals surface area contributed by atoms with Crippen LogP contribution < -0.4 is 9.50 Å². The third-order valence-electron chi connectivity index (χ3n) is 5.67. The molecule has 9 nitrogen and oxygen atoms in total. The van der Waals surface area contributed by atoms with E-state index in [1.807, 2.05) is 13.8 Å². The van der Waals surface area contributed by atoms with Crippen molar-refractivity contribution < 1.29 is 31.7 Å². The third-order valence-corrected chi connectivity index (χ3v) is 6.98. The van der Waals surface area contributed by atoms with Gasteiger partial charge < -0.3 is 23.9 Å². The number of nitrogens with zero attached hydrogens (tertiary/aromatic N) is 1. The zero-order valence-electron chi connectivity index (χ0n) is 20.8. The fraction of sp³-hybridized carbons (Fsp3) is 0.462. The molecule has 1 saturated heterocycles. The molecule has 0 saturated carbocycles. The minimum atomic E-state index is -4.28. The van der Waals surface area contributed by atoms with Crippen LogP contribution >= 0.6 is 0 Å². The second-order valence-corrected chi connectivity index (χ2v) is 10.0. The van der Waals surface area contributed by atoms with E-state index in [0.717, 1.165) is 24.8 Å². The highest BCUT2D eigenvalue weighted by atomic mass is 32.2. The summed E-state index contributed by atoms with van der Waals surface area (Å²) in [7, 11) is -4.28. The fourth-order valence-electron chi connectivity index (χ4n) is 3.80. The van der Waals surface area contributed by atoms with E-state index in [0.29, 0.717) is 32.7 Å². The first kappa shape index (κ1) is 27.5. The van der Waals surface area contributed by atoms with Gasteiger partial charge in [-0.25, -0.2) is 9.59 Å². The Bertz CT molecular complexity index is 1110. The van der Waals surface area contributed by atoms with E-state index in [1.54, 1.807) is 23.1 Å². The number of urea groups is 1. The van der Waals surface area contributed by atoms with Crippen molar-refractivity contribution in [2.45, 2.75) is 57.1 Å². The smallest absolute Gasteiger partial charge is 0.340 e. The summed E-state index contributed by atoms with van der Waals surface area (Å²) in [6.45, 7) is 6.07. The zero-order chi connectivity index (χ0) is 26.0. The van der Waals surface area contributed by atoms with Gasteiger partial charge in [-0.1, -0.05) is 37.6 Å². The van der Waals surface area contributed by atoms with Gasteiger partial charge in [0, 0.05) is 26.2 Å². The minimum absolute atomic E-state index is 0.00841. The van der Waals surface area contributed by atoms with Crippen LogP contribution in [0.25, 0.3) is 0 Å². The summed E-state index contributed by atoms with van der Waals surface area (Å²) < 4.78 is 42.1. The van der Waals surface area contributed by atoms with Crippen molar-refractivity contribution in [3.05, 3.63) is 59.7 Å². The molecule has 10 heteroatoms. The molecule has 1 heterocycles. The van der Waals surface area contributed by atoms with Gasteiger partial charge in [0.05, 0.1) is 18.3 Å². The Kier molecular flexibility index (Phi) is 10.1. The van der Waals surface area contributed by atoms with Crippen molar-refractivity contribution in [1.29, 1.82) is 0 Å². The normalized spacial score (nSPS) is 15.3. The van der Waals surface area contributed by atoms with Gasteiger partial charge in [-0.2, -0.15) is 8.42 Å². The van der Waals surface area contributed by atoms with Crippen LogP contribution in [0.2, 0.25) is 0 Å². The maximum absolute atomic E-state index is 13.0. The highest BCUT2D eigenvalue weighted by Crippen LogP contribution is 2.23. The molecule has 1 fully saturated rings. The van der Waals surface area contributed by atoms with E-state index in [4.69, 9.17) is 13.7 Å². The molecule has 0 aromatic heterocycles. The van der Waals surface area contributed by atoms with Gasteiger partial charge in [0.15, 0.2) is 0 Å². The van der Waals surface area contributed by atoms with E-state index >= 15 is 0 Å². The number of esters is 1. The van der Waals surface area contributed by atoms with Crippen LogP contribution in [-0.2, 0) is 26.1 Å². The molecule has 2 aromatic rings. The molecular formula is C26H34N2O7S. The van der Waals surface area contributed by atoms with Crippen molar-refractivity contribution in [1.82, 2.24) is 10.2 Å². The van der Waals surface area contributed by atoms with Gasteiger partial charge in [0.1, 0.15) is 10.6 Å². The molecule has 2 amide bonds. The Balaban J connectivity index is 1.70. The van der Waals surface area contributed by atoms with Crippen molar-refractivity contribution >= 4 is 22.1 Å². The molecule has 1 aliphatic rings. The fourth-order valence-corrected chi connectivity index (χ4v) is 4.92. The molecule has 1 aliphatic heterocycles. The molecular weight excluding hydrogens is 484 g/mol. The number of nitrogens with one attached hydrogen (secondary N) is 1. The summed E-state index contributed by atoms with van der Waals surface area (Å²) in [5.74, 6) is -0.616. The average Bonchev–Trinajstić information content (AvgIpc) is 3.38. The number of carbonyl (C=O) groups is 2. The maximum atomic E-state index is 13.0. The predicted octanol–water partition coefficient (Wildman–Crippen LogP) is 4.12. The number of hydrogen-bond donors (Lipinski definition) is 1. The summed E-state index contributed by atoms with van der Waals surface area (Å²) in [5, 5.41) is 2.82. The Morgan fingerprint density at radius 2 is 1.86 bits per heavy atom. The molecule has 2 aromatic carbocycles. The van der Waals surface area contributed by atoms with E-state index in [-0.39, 0.29) is 35.0 Å². The molecule has 0 bridgehead atoms. The van der Waals surface area contributed by atoms with Crippen LogP contribution in [0.15, 0.2) is 53.4 Å². The Labute approximate surface area is 212 Å². The van der Waals surface area contributed by atoms with E-state index < -0.39 is 16.1 Å². The largest absolute Gasteiger partial charge is 0.462 e. The number of unbranched alkanes of at least 4 members (excludes halogenated alkanes) is 1. The summed E-state index contributed by atoms with van der Waals surface area (Å²) in [5.41, 5.74) is 0.737. The van der Waals surface area contributed by atoms with Gasteiger partial charge in [-0.05, 0) is 56.0 Å². The Morgan fingerprint density at radius 1 is 1.11 bits per heavy atom. The molecule has 1 atom stereocenters. The predicted molar refractivity (Wildman–Crippen MR) is 134 cm³/mol. The van der Waals surface area contributed by atoms with Crippen LogP contribution in [0.1, 0.15) is 55.5 Å². The summed E-state index contributed by atoms with van der Waals surface area (Å²) >= 11 is 0. The van der Waals surface area contributed by atoms with E-state index in [9.17, 15) is 18.0 Å². The molecule has 196 valence electrons. The summed E-state index contributed by atoms with van der Waals surface area (Å²) in [6.07, 6.45) is 3.44.